The van der Waals surface area contributed by atoms with E-state index in [1.165, 1.54) is 0 Å². The van der Waals surface area contributed by atoms with Gasteiger partial charge in [0.2, 0.25) is 6.79 Å². The molecule has 110 valence electrons. The molecule has 0 aromatic heterocycles. The van der Waals surface area contributed by atoms with Gasteiger partial charge in [-0.3, -0.25) is 10.1 Å². The van der Waals surface area contributed by atoms with Gasteiger partial charge in [-0.1, -0.05) is 13.0 Å². The van der Waals surface area contributed by atoms with Crippen LogP contribution in [0.4, 0.5) is 4.79 Å². The van der Waals surface area contributed by atoms with Crippen molar-refractivity contribution in [3.05, 3.63) is 45.3 Å². The van der Waals surface area contributed by atoms with E-state index in [0.717, 1.165) is 0 Å². The minimum Gasteiger partial charge on any atom is -0.454 e. The van der Waals surface area contributed by atoms with E-state index in [1.54, 1.807) is 25.1 Å². The highest BCUT2D eigenvalue weighted by Gasteiger charge is 2.36. The van der Waals surface area contributed by atoms with Gasteiger partial charge in [-0.2, -0.15) is 0 Å². The molecule has 0 radical (unpaired) electrons. The minimum atomic E-state index is -0.821. The maximum Gasteiger partial charge on any atom is 0.320 e. The molecule has 0 saturated heterocycles. The summed E-state index contributed by atoms with van der Waals surface area (Å²) >= 11 is 0. The highest BCUT2D eigenvalue weighted by molar-refractivity contribution is 5.78. The molecule has 21 heavy (non-hydrogen) atoms. The number of ether oxygens (including phenoxy) is 2. The molecular weight excluding hydrogens is 278 g/mol. The second-order valence-corrected chi connectivity index (χ2v) is 4.62. The van der Waals surface area contributed by atoms with Gasteiger partial charge in [-0.05, 0) is 24.1 Å². The van der Waals surface area contributed by atoms with Crippen molar-refractivity contribution in [2.45, 2.75) is 19.4 Å². The van der Waals surface area contributed by atoms with Crippen LogP contribution in [0.25, 0.3) is 0 Å². The Bertz CT molecular complexity index is 655. The van der Waals surface area contributed by atoms with Crippen molar-refractivity contribution in [2.24, 2.45) is 0 Å². The van der Waals surface area contributed by atoms with Gasteiger partial charge in [0.15, 0.2) is 11.5 Å². The molecular formula is C13H13N3O5. The predicted octanol–water partition coefficient (Wildman–Crippen LogP) is 1.67. The summed E-state index contributed by atoms with van der Waals surface area (Å²) in [6.07, 6.45) is 0.366. The molecule has 0 spiro atoms. The molecule has 2 aliphatic rings. The number of carbonyl (C=O) groups is 1. The second kappa shape index (κ2) is 4.97. The number of benzene rings is 1. The molecule has 0 fully saturated rings. The first-order valence-electron chi connectivity index (χ1n) is 6.44. The van der Waals surface area contributed by atoms with Gasteiger partial charge in [-0.15, -0.1) is 0 Å². The molecule has 2 heterocycles. The number of allylic oxidation sites excluding steroid dienone is 1. The van der Waals surface area contributed by atoms with E-state index >= 15 is 0 Å². The fourth-order valence-electron chi connectivity index (χ4n) is 2.43. The van der Waals surface area contributed by atoms with Crippen LogP contribution in [0, 0.1) is 10.1 Å². The van der Waals surface area contributed by atoms with E-state index in [9.17, 15) is 14.9 Å². The number of rotatable bonds is 3. The van der Waals surface area contributed by atoms with Crippen LogP contribution in [0.3, 0.4) is 0 Å². The first kappa shape index (κ1) is 13.2. The average molecular weight is 291 g/mol. The Kier molecular flexibility index (Phi) is 3.13. The number of fused-ring (bicyclic) bond motifs is 1. The summed E-state index contributed by atoms with van der Waals surface area (Å²) < 4.78 is 10.5. The number of hydrogen-bond donors (Lipinski definition) is 2. The normalized spacial score (nSPS) is 20.0. The summed E-state index contributed by atoms with van der Waals surface area (Å²) in [4.78, 5) is 22.6. The number of hydrogen-bond acceptors (Lipinski definition) is 5. The molecule has 2 aliphatic heterocycles. The maximum atomic E-state index is 11.7. The molecule has 1 unspecified atom stereocenters. The van der Waals surface area contributed by atoms with Crippen molar-refractivity contribution in [1.29, 1.82) is 0 Å². The molecule has 8 nitrogen and oxygen atoms in total. The topological polar surface area (TPSA) is 103 Å². The van der Waals surface area contributed by atoms with Gasteiger partial charge >= 0.3 is 6.03 Å². The zero-order valence-corrected chi connectivity index (χ0v) is 11.2. The standard InChI is InChI=1S/C13H13N3O5/c1-2-8-12(16(18)19)11(15-13(17)14-8)7-3-4-9-10(5-7)21-6-20-9/h3-5,11H,2,6H2,1H3,(H2,14,15,17). The van der Waals surface area contributed by atoms with Crippen LogP contribution in [-0.4, -0.2) is 17.7 Å². The third-order valence-corrected chi connectivity index (χ3v) is 3.40. The van der Waals surface area contributed by atoms with Gasteiger partial charge in [0.25, 0.3) is 5.70 Å². The third-order valence-electron chi connectivity index (χ3n) is 3.40. The fourth-order valence-corrected chi connectivity index (χ4v) is 2.43. The molecule has 1 atom stereocenters. The van der Waals surface area contributed by atoms with Gasteiger partial charge < -0.3 is 20.1 Å². The number of nitro groups is 1. The van der Waals surface area contributed by atoms with Crippen LogP contribution in [0.1, 0.15) is 24.9 Å². The quantitative estimate of drug-likeness (QED) is 0.651. The van der Waals surface area contributed by atoms with Gasteiger partial charge in [0.1, 0.15) is 6.04 Å². The lowest BCUT2D eigenvalue weighted by atomic mass is 9.99. The van der Waals surface area contributed by atoms with E-state index in [-0.39, 0.29) is 12.5 Å². The van der Waals surface area contributed by atoms with Crippen LogP contribution >= 0.6 is 0 Å². The maximum absolute atomic E-state index is 11.7. The molecule has 0 aliphatic carbocycles. The Morgan fingerprint density at radius 2 is 2.14 bits per heavy atom. The Balaban J connectivity index is 2.06. The molecule has 0 bridgehead atoms. The van der Waals surface area contributed by atoms with Crippen molar-refractivity contribution in [3.63, 3.8) is 0 Å². The summed E-state index contributed by atoms with van der Waals surface area (Å²) in [6, 6.07) is 3.73. The highest BCUT2D eigenvalue weighted by Crippen LogP contribution is 2.37. The zero-order chi connectivity index (χ0) is 15.0. The monoisotopic (exact) mass is 291 g/mol. The first-order chi connectivity index (χ1) is 10.1. The smallest absolute Gasteiger partial charge is 0.320 e. The van der Waals surface area contributed by atoms with Crippen molar-refractivity contribution in [2.75, 3.05) is 6.79 Å². The minimum absolute atomic E-state index is 0.0593. The Morgan fingerprint density at radius 3 is 2.86 bits per heavy atom. The molecule has 1 aromatic rings. The lowest BCUT2D eigenvalue weighted by Gasteiger charge is -2.24. The molecule has 8 heteroatoms. The van der Waals surface area contributed by atoms with E-state index < -0.39 is 17.0 Å². The fraction of sp³-hybridized carbons (Fsp3) is 0.308. The Labute approximate surface area is 119 Å². The van der Waals surface area contributed by atoms with Gasteiger partial charge in [0, 0.05) is 0 Å². The summed E-state index contributed by atoms with van der Waals surface area (Å²) in [7, 11) is 0. The van der Waals surface area contributed by atoms with E-state index in [1.807, 2.05) is 0 Å². The van der Waals surface area contributed by atoms with E-state index in [2.05, 4.69) is 10.6 Å². The highest BCUT2D eigenvalue weighted by atomic mass is 16.7. The number of urea groups is 1. The van der Waals surface area contributed by atoms with Crippen molar-refractivity contribution < 1.29 is 19.2 Å². The van der Waals surface area contributed by atoms with Crippen LogP contribution < -0.4 is 20.1 Å². The molecule has 0 saturated carbocycles. The average Bonchev–Trinajstić information content (AvgIpc) is 2.93. The van der Waals surface area contributed by atoms with Crippen LogP contribution in [0.5, 0.6) is 11.5 Å². The molecule has 2 amide bonds. The number of amides is 2. The Morgan fingerprint density at radius 1 is 1.38 bits per heavy atom. The number of nitrogens with one attached hydrogen (secondary N) is 2. The first-order valence-corrected chi connectivity index (χ1v) is 6.44. The van der Waals surface area contributed by atoms with Crippen molar-refractivity contribution >= 4 is 6.03 Å². The van der Waals surface area contributed by atoms with E-state index in [0.29, 0.717) is 29.2 Å². The lowest BCUT2D eigenvalue weighted by molar-refractivity contribution is -0.433. The molecule has 2 N–H and O–H groups in total. The summed E-state index contributed by atoms with van der Waals surface area (Å²) in [5.41, 5.74) is 0.828. The van der Waals surface area contributed by atoms with Crippen molar-refractivity contribution in [3.8, 4) is 11.5 Å². The van der Waals surface area contributed by atoms with Crippen LogP contribution in [-0.2, 0) is 0 Å². The predicted molar refractivity (Wildman–Crippen MR) is 71.3 cm³/mol. The SMILES string of the molecule is CCC1=C([N+](=O)[O-])C(c2ccc3c(c2)OCO3)NC(=O)N1. The number of nitrogens with zero attached hydrogens (tertiary/aromatic N) is 1. The summed E-state index contributed by atoms with van der Waals surface area (Å²) in [6.45, 7) is 1.87. The summed E-state index contributed by atoms with van der Waals surface area (Å²) in [5.74, 6) is 1.10. The second-order valence-electron chi connectivity index (χ2n) is 4.62. The molecule has 3 rings (SSSR count). The summed E-state index contributed by atoms with van der Waals surface area (Å²) in [5, 5.41) is 16.4. The largest absolute Gasteiger partial charge is 0.454 e. The van der Waals surface area contributed by atoms with E-state index in [4.69, 9.17) is 9.47 Å². The Hall–Kier alpha value is -2.77. The van der Waals surface area contributed by atoms with Gasteiger partial charge in [-0.25, -0.2) is 4.79 Å². The number of carbonyl (C=O) groups excluding carboxylic acids is 1. The van der Waals surface area contributed by atoms with Crippen LogP contribution in [0.15, 0.2) is 29.6 Å². The zero-order valence-electron chi connectivity index (χ0n) is 11.2. The van der Waals surface area contributed by atoms with Gasteiger partial charge in [0.05, 0.1) is 10.6 Å². The van der Waals surface area contributed by atoms with Crippen LogP contribution in [0.2, 0.25) is 0 Å². The van der Waals surface area contributed by atoms with Crippen molar-refractivity contribution in [1.82, 2.24) is 10.6 Å². The molecule has 1 aromatic carbocycles. The lowest BCUT2D eigenvalue weighted by Crippen LogP contribution is -2.45. The third kappa shape index (κ3) is 2.24.